The molecule has 3 rings (SSSR count). The fourth-order valence-electron chi connectivity index (χ4n) is 3.68. The lowest BCUT2D eigenvalue weighted by atomic mass is 9.86. The highest BCUT2D eigenvalue weighted by Crippen LogP contribution is 2.29. The maximum absolute atomic E-state index is 13.4. The molecule has 2 amide bonds. The minimum absolute atomic E-state index is 0.0161. The number of nitrogens with one attached hydrogen (secondary N) is 1. The van der Waals surface area contributed by atoms with Crippen LogP contribution in [0.3, 0.4) is 0 Å². The summed E-state index contributed by atoms with van der Waals surface area (Å²) in [5.41, 5.74) is 0.387. The Balaban J connectivity index is 1.83. The van der Waals surface area contributed by atoms with Crippen LogP contribution in [0.2, 0.25) is 5.02 Å². The van der Waals surface area contributed by atoms with Gasteiger partial charge in [0.2, 0.25) is 0 Å². The van der Waals surface area contributed by atoms with Gasteiger partial charge in [-0.2, -0.15) is 5.26 Å². The Kier molecular flexibility index (Phi) is 8.83. The van der Waals surface area contributed by atoms with Crippen molar-refractivity contribution in [1.29, 1.82) is 5.26 Å². The zero-order valence-corrected chi connectivity index (χ0v) is 21.3. The molecule has 3 aromatic rings. The monoisotopic (exact) mass is 504 g/mol. The number of nitriles is 1. The van der Waals surface area contributed by atoms with E-state index >= 15 is 0 Å². The number of halogens is 1. The van der Waals surface area contributed by atoms with Crippen molar-refractivity contribution in [3.8, 4) is 6.07 Å². The summed E-state index contributed by atoms with van der Waals surface area (Å²) in [5.74, 6) is -0.741. The molecule has 2 N–H and O–H groups in total. The highest BCUT2D eigenvalue weighted by atomic mass is 35.5. The average molecular weight is 505 g/mol. The molecule has 3 aromatic carbocycles. The van der Waals surface area contributed by atoms with E-state index in [0.29, 0.717) is 28.9 Å². The van der Waals surface area contributed by atoms with Gasteiger partial charge >= 0.3 is 0 Å². The number of benzene rings is 3. The van der Waals surface area contributed by atoms with Gasteiger partial charge in [0.1, 0.15) is 6.07 Å². The molecule has 8 heteroatoms. The fourth-order valence-corrected chi connectivity index (χ4v) is 3.90. The van der Waals surface area contributed by atoms with E-state index in [1.807, 2.05) is 25.1 Å². The number of nitrogens with zero attached hydrogens (tertiary/aromatic N) is 3. The number of carbonyl (C=O) groups is 2. The summed E-state index contributed by atoms with van der Waals surface area (Å²) < 4.78 is 0. The zero-order chi connectivity index (χ0) is 26.3. The Morgan fingerprint density at radius 1 is 1.00 bits per heavy atom. The smallest absolute Gasteiger partial charge is 0.261 e. The average Bonchev–Trinajstić information content (AvgIpc) is 2.87. The third kappa shape index (κ3) is 6.49. The second kappa shape index (κ2) is 11.8. The van der Waals surface area contributed by atoms with Crippen LogP contribution in [-0.2, 0) is 16.8 Å². The van der Waals surface area contributed by atoms with E-state index in [9.17, 15) is 14.7 Å². The third-order valence-corrected chi connectivity index (χ3v) is 6.18. The zero-order valence-electron chi connectivity index (χ0n) is 20.5. The van der Waals surface area contributed by atoms with E-state index in [4.69, 9.17) is 16.9 Å². The summed E-state index contributed by atoms with van der Waals surface area (Å²) in [7, 11) is 5.66. The van der Waals surface area contributed by atoms with Crippen molar-refractivity contribution in [2.24, 2.45) is 0 Å². The van der Waals surface area contributed by atoms with Crippen LogP contribution in [0.15, 0.2) is 72.8 Å². The Labute approximate surface area is 216 Å². The second-order valence-corrected chi connectivity index (χ2v) is 9.30. The number of hydrogen-bond acceptors (Lipinski definition) is 5. The van der Waals surface area contributed by atoms with Crippen LogP contribution >= 0.6 is 11.6 Å². The Morgan fingerprint density at radius 3 is 2.25 bits per heavy atom. The van der Waals surface area contributed by atoms with E-state index in [2.05, 4.69) is 5.32 Å². The molecule has 0 aromatic heterocycles. The number of aliphatic hydroxyl groups is 1. The highest BCUT2D eigenvalue weighted by molar-refractivity contribution is 6.32. The van der Waals surface area contributed by atoms with E-state index in [1.165, 1.54) is 12.1 Å². The lowest BCUT2D eigenvalue weighted by Crippen LogP contribution is -2.42. The van der Waals surface area contributed by atoms with Crippen LogP contribution < -0.4 is 5.32 Å². The standard InChI is InChI=1S/C28H29ClN4O3/c1-32(2)15-16-33(3)26(34)21-11-9-20(10-12-21)18-28(36,23-7-5-4-6-8-23)27(35)31-24-14-13-22(19-30)25(29)17-24/h4-14,17,36H,15-16,18H2,1-3H3,(H,31,35). The van der Waals surface area contributed by atoms with Gasteiger partial charge in [0.15, 0.2) is 5.60 Å². The van der Waals surface area contributed by atoms with Crippen LogP contribution in [0.1, 0.15) is 27.0 Å². The van der Waals surface area contributed by atoms with Gasteiger partial charge in [-0.15, -0.1) is 0 Å². The lowest BCUT2D eigenvalue weighted by Gasteiger charge is -2.28. The molecule has 36 heavy (non-hydrogen) atoms. The van der Waals surface area contributed by atoms with Gasteiger partial charge < -0.3 is 20.2 Å². The number of anilines is 1. The van der Waals surface area contributed by atoms with Crippen molar-refractivity contribution in [2.75, 3.05) is 39.5 Å². The SMILES string of the molecule is CN(C)CCN(C)C(=O)c1ccc(CC(O)(C(=O)Nc2ccc(C#N)c(Cl)c2)c2ccccc2)cc1. The maximum Gasteiger partial charge on any atom is 0.261 e. The summed E-state index contributed by atoms with van der Waals surface area (Å²) in [4.78, 5) is 29.8. The van der Waals surface area contributed by atoms with Crippen molar-refractivity contribution < 1.29 is 14.7 Å². The molecule has 0 aliphatic carbocycles. The van der Waals surface area contributed by atoms with Crippen molar-refractivity contribution in [1.82, 2.24) is 9.80 Å². The number of carbonyl (C=O) groups excluding carboxylic acids is 2. The summed E-state index contributed by atoms with van der Waals surface area (Å²) in [5, 5.41) is 23.6. The summed E-state index contributed by atoms with van der Waals surface area (Å²) in [6, 6.07) is 22.1. The predicted molar refractivity (Wildman–Crippen MR) is 141 cm³/mol. The van der Waals surface area contributed by atoms with Gasteiger partial charge in [-0.1, -0.05) is 54.1 Å². The molecule has 0 spiro atoms. The first-order chi connectivity index (χ1) is 17.1. The topological polar surface area (TPSA) is 96.7 Å². The van der Waals surface area contributed by atoms with Crippen molar-refractivity contribution in [3.63, 3.8) is 0 Å². The first-order valence-electron chi connectivity index (χ1n) is 11.4. The molecule has 0 saturated heterocycles. The minimum atomic E-state index is -1.89. The molecule has 0 radical (unpaired) electrons. The van der Waals surface area contributed by atoms with Crippen molar-refractivity contribution >= 4 is 29.1 Å². The van der Waals surface area contributed by atoms with Crippen LogP contribution in [0.5, 0.6) is 0 Å². The Bertz CT molecular complexity index is 1260. The lowest BCUT2D eigenvalue weighted by molar-refractivity contribution is -0.135. The number of rotatable bonds is 9. The number of hydrogen-bond donors (Lipinski definition) is 2. The van der Waals surface area contributed by atoms with Gasteiger partial charge in [0.05, 0.1) is 10.6 Å². The van der Waals surface area contributed by atoms with Crippen LogP contribution in [0.4, 0.5) is 5.69 Å². The minimum Gasteiger partial charge on any atom is -0.375 e. The van der Waals surface area contributed by atoms with Gasteiger partial charge in [-0.25, -0.2) is 0 Å². The van der Waals surface area contributed by atoms with Crippen LogP contribution in [0, 0.1) is 11.3 Å². The molecule has 0 fully saturated rings. The molecular formula is C28H29ClN4O3. The Hall–Kier alpha value is -3.70. The molecule has 0 aliphatic heterocycles. The first kappa shape index (κ1) is 26.9. The molecule has 186 valence electrons. The Morgan fingerprint density at radius 2 is 1.67 bits per heavy atom. The maximum atomic E-state index is 13.4. The summed E-state index contributed by atoms with van der Waals surface area (Å²) >= 11 is 6.10. The second-order valence-electron chi connectivity index (χ2n) is 8.89. The molecule has 0 bridgehead atoms. The largest absolute Gasteiger partial charge is 0.375 e. The number of likely N-dealkylation sites (N-methyl/N-ethyl adjacent to an activating group) is 2. The van der Waals surface area contributed by atoms with Crippen molar-refractivity contribution in [3.05, 3.63) is 100 Å². The predicted octanol–water partition coefficient (Wildman–Crippen LogP) is 3.91. The third-order valence-electron chi connectivity index (χ3n) is 5.86. The van der Waals surface area contributed by atoms with Gasteiger partial charge in [-0.3, -0.25) is 9.59 Å². The van der Waals surface area contributed by atoms with Gasteiger partial charge in [0, 0.05) is 37.8 Å². The van der Waals surface area contributed by atoms with Crippen molar-refractivity contribution in [2.45, 2.75) is 12.0 Å². The van der Waals surface area contributed by atoms with Crippen LogP contribution in [0.25, 0.3) is 0 Å². The highest BCUT2D eigenvalue weighted by Gasteiger charge is 2.38. The van der Waals surface area contributed by atoms with E-state index in [0.717, 1.165) is 6.54 Å². The molecule has 0 saturated carbocycles. The number of amides is 2. The van der Waals surface area contributed by atoms with Crippen LogP contribution in [-0.4, -0.2) is 61.0 Å². The van der Waals surface area contributed by atoms with E-state index < -0.39 is 11.5 Å². The molecule has 1 unspecified atom stereocenters. The van der Waals surface area contributed by atoms with Gasteiger partial charge in [-0.05, 0) is 55.6 Å². The molecule has 0 heterocycles. The summed E-state index contributed by atoms with van der Waals surface area (Å²) in [6.07, 6.45) is -0.0161. The van der Waals surface area contributed by atoms with Gasteiger partial charge in [0.25, 0.3) is 11.8 Å². The normalized spacial score (nSPS) is 12.5. The fraction of sp³-hybridized carbons (Fsp3) is 0.250. The van der Waals surface area contributed by atoms with E-state index in [1.54, 1.807) is 72.6 Å². The molecule has 0 aliphatic rings. The quantitative estimate of drug-likeness (QED) is 0.460. The molecular weight excluding hydrogens is 476 g/mol. The molecule has 7 nitrogen and oxygen atoms in total. The summed E-state index contributed by atoms with van der Waals surface area (Å²) in [6.45, 7) is 1.35. The first-order valence-corrected chi connectivity index (χ1v) is 11.8. The van der Waals surface area contributed by atoms with E-state index in [-0.39, 0.29) is 22.9 Å². The molecule has 1 atom stereocenters.